The summed E-state index contributed by atoms with van der Waals surface area (Å²) in [6.45, 7) is 10.1. The smallest absolute Gasteiger partial charge is 0.323 e. The number of hydrogen-bond donors (Lipinski definition) is 2. The van der Waals surface area contributed by atoms with Crippen LogP contribution in [0.4, 0.5) is 16.2 Å². The van der Waals surface area contributed by atoms with Gasteiger partial charge >= 0.3 is 6.03 Å². The maximum absolute atomic E-state index is 13.7. The van der Waals surface area contributed by atoms with Crippen molar-refractivity contribution >= 4 is 34.0 Å². The first-order chi connectivity index (χ1) is 29.0. The summed E-state index contributed by atoms with van der Waals surface area (Å²) in [5, 5.41) is 7.44. The van der Waals surface area contributed by atoms with Crippen molar-refractivity contribution in [3.8, 4) is 28.9 Å². The van der Waals surface area contributed by atoms with Gasteiger partial charge in [-0.3, -0.25) is 4.79 Å². The average molecular weight is 823 g/mol. The Hall–Kier alpha value is -5.80. The van der Waals surface area contributed by atoms with E-state index < -0.39 is 6.03 Å². The fourth-order valence-electron chi connectivity index (χ4n) is 6.54. The van der Waals surface area contributed by atoms with E-state index in [1.165, 1.54) is 7.11 Å². The van der Waals surface area contributed by atoms with Gasteiger partial charge in [0.2, 0.25) is 5.88 Å². The molecule has 60 heavy (non-hydrogen) atoms. The molecule has 318 valence electrons. The zero-order chi connectivity index (χ0) is 42.5. The van der Waals surface area contributed by atoms with Crippen LogP contribution in [0.1, 0.15) is 54.5 Å². The predicted octanol–water partition coefficient (Wildman–Crippen LogP) is 8.25. The standard InChI is InChI=1S/C46H54N4O10/c1-46(2,3)32-25-37(40(51)23-31-28-58-29-31)44(55-6)39(26-32)49-45(52)48-38-11-12-41(36-10-8-7-9-35(36)38)60-43-13-14-47-42(50-43)24-30-21-33(54-5)27-34(22-30)59-20-19-57-18-17-56-16-15-53-4/h7-14,21-22,25-27,31H,15-20,23-24,28-29H2,1-6H3,(H2,48,49,52). The third kappa shape index (κ3) is 11.9. The molecular formula is C46H54N4O10. The van der Waals surface area contributed by atoms with Crippen LogP contribution in [0.5, 0.6) is 28.9 Å². The van der Waals surface area contributed by atoms with Crippen LogP contribution in [0.3, 0.4) is 0 Å². The van der Waals surface area contributed by atoms with E-state index in [4.69, 9.17) is 42.9 Å². The van der Waals surface area contributed by atoms with E-state index in [1.54, 1.807) is 38.6 Å². The minimum atomic E-state index is -0.497. The summed E-state index contributed by atoms with van der Waals surface area (Å²) >= 11 is 0. The number of fused-ring (bicyclic) bond motifs is 1. The summed E-state index contributed by atoms with van der Waals surface area (Å²) in [6, 6.07) is 21.7. The number of aromatic nitrogens is 2. The molecule has 1 fully saturated rings. The van der Waals surface area contributed by atoms with Gasteiger partial charge in [0.1, 0.15) is 29.7 Å². The summed E-state index contributed by atoms with van der Waals surface area (Å²) in [5.74, 6) is 3.15. The number of carbonyl (C=O) groups is 2. The number of Topliss-reactive ketones (excluding diaryl/α,β-unsaturated/α-hetero) is 1. The lowest BCUT2D eigenvalue weighted by Gasteiger charge is -2.27. The molecule has 1 aromatic heterocycles. The Labute approximate surface area is 350 Å². The minimum Gasteiger partial charge on any atom is -0.497 e. The lowest BCUT2D eigenvalue weighted by molar-refractivity contribution is -0.0322. The van der Waals surface area contributed by atoms with Crippen molar-refractivity contribution in [2.45, 2.75) is 39.0 Å². The Morgan fingerprint density at radius 3 is 2.20 bits per heavy atom. The number of rotatable bonds is 21. The van der Waals surface area contributed by atoms with Crippen LogP contribution in [0.25, 0.3) is 10.8 Å². The fourth-order valence-corrected chi connectivity index (χ4v) is 6.54. The van der Waals surface area contributed by atoms with E-state index in [2.05, 4.69) is 36.4 Å². The number of urea groups is 1. The number of nitrogens with one attached hydrogen (secondary N) is 2. The number of nitrogens with zero attached hydrogens (tertiary/aromatic N) is 2. The summed E-state index contributed by atoms with van der Waals surface area (Å²) < 4.78 is 44.8. The monoisotopic (exact) mass is 822 g/mol. The van der Waals surface area contributed by atoms with Crippen LogP contribution >= 0.6 is 0 Å². The van der Waals surface area contributed by atoms with E-state index in [9.17, 15) is 9.59 Å². The Morgan fingerprint density at radius 1 is 0.783 bits per heavy atom. The first-order valence-corrected chi connectivity index (χ1v) is 19.9. The topological polar surface area (TPSA) is 158 Å². The van der Waals surface area contributed by atoms with Gasteiger partial charge in [-0.1, -0.05) is 45.0 Å². The van der Waals surface area contributed by atoms with E-state index in [0.717, 1.165) is 21.9 Å². The second-order valence-corrected chi connectivity index (χ2v) is 15.3. The minimum absolute atomic E-state index is 0.0547. The second kappa shape index (κ2) is 20.9. The molecule has 0 saturated carbocycles. The molecule has 1 aliphatic heterocycles. The molecule has 2 heterocycles. The number of anilines is 2. The molecule has 0 bridgehead atoms. The number of methoxy groups -OCH3 is 3. The first kappa shape index (κ1) is 43.8. The van der Waals surface area contributed by atoms with E-state index in [1.807, 2.05) is 54.6 Å². The van der Waals surface area contributed by atoms with Gasteiger partial charge < -0.3 is 48.5 Å². The predicted molar refractivity (Wildman–Crippen MR) is 228 cm³/mol. The summed E-state index contributed by atoms with van der Waals surface area (Å²) in [6.07, 6.45) is 2.39. The lowest BCUT2D eigenvalue weighted by Crippen LogP contribution is -2.30. The third-order valence-corrected chi connectivity index (χ3v) is 9.75. The Balaban J connectivity index is 1.13. The fraction of sp³-hybridized carbons (Fsp3) is 0.391. The van der Waals surface area contributed by atoms with Gasteiger partial charge in [-0.25, -0.2) is 9.78 Å². The molecule has 1 aliphatic rings. The molecule has 1 saturated heterocycles. The number of ketones is 1. The quantitative estimate of drug-likeness (QED) is 0.0540. The van der Waals surface area contributed by atoms with E-state index in [-0.39, 0.29) is 17.1 Å². The zero-order valence-electron chi connectivity index (χ0n) is 35.1. The molecule has 0 unspecified atom stereocenters. The average Bonchev–Trinajstić information content (AvgIpc) is 3.21. The molecule has 5 aromatic rings. The highest BCUT2D eigenvalue weighted by atomic mass is 16.6. The maximum atomic E-state index is 13.7. The molecule has 14 heteroatoms. The van der Waals surface area contributed by atoms with Gasteiger partial charge in [-0.15, -0.1) is 0 Å². The molecule has 0 radical (unpaired) electrons. The van der Waals surface area contributed by atoms with Crippen molar-refractivity contribution in [2.75, 3.05) is 84.8 Å². The number of benzene rings is 4. The SMILES string of the molecule is COCCOCCOCCOc1cc(Cc2nccc(Oc3ccc(NC(=O)Nc4cc(C(C)(C)C)cc(C(=O)CC5COC5)c4OC)c4ccccc34)n2)cc(OC)c1. The molecule has 4 aromatic carbocycles. The van der Waals surface area contributed by atoms with Crippen LogP contribution in [0.2, 0.25) is 0 Å². The molecule has 2 amide bonds. The third-order valence-electron chi connectivity index (χ3n) is 9.75. The van der Waals surface area contributed by atoms with Gasteiger partial charge in [0.25, 0.3) is 0 Å². The maximum Gasteiger partial charge on any atom is 0.323 e. The van der Waals surface area contributed by atoms with Crippen molar-refractivity contribution in [1.82, 2.24) is 9.97 Å². The van der Waals surface area contributed by atoms with Crippen LogP contribution in [0.15, 0.2) is 79.0 Å². The molecular weight excluding hydrogens is 769 g/mol. The van der Waals surface area contributed by atoms with Crippen molar-refractivity contribution in [1.29, 1.82) is 0 Å². The normalized spacial score (nSPS) is 12.8. The Bertz CT molecular complexity index is 2240. The molecule has 14 nitrogen and oxygen atoms in total. The molecule has 0 spiro atoms. The summed E-state index contributed by atoms with van der Waals surface area (Å²) in [5.41, 5.74) is 2.88. The van der Waals surface area contributed by atoms with Gasteiger partial charge in [0, 0.05) is 55.0 Å². The molecule has 0 aliphatic carbocycles. The van der Waals surface area contributed by atoms with Crippen molar-refractivity contribution in [2.24, 2.45) is 5.92 Å². The number of hydrogen-bond acceptors (Lipinski definition) is 12. The number of amides is 2. The molecule has 2 N–H and O–H groups in total. The molecule has 6 rings (SSSR count). The van der Waals surface area contributed by atoms with Gasteiger partial charge in [-0.2, -0.15) is 4.98 Å². The van der Waals surface area contributed by atoms with E-state index >= 15 is 0 Å². The highest BCUT2D eigenvalue weighted by Crippen LogP contribution is 2.38. The van der Waals surface area contributed by atoms with Crippen LogP contribution in [0, 0.1) is 5.92 Å². The van der Waals surface area contributed by atoms with Crippen molar-refractivity contribution in [3.63, 3.8) is 0 Å². The van der Waals surface area contributed by atoms with Gasteiger partial charge in [-0.05, 0) is 52.9 Å². The van der Waals surface area contributed by atoms with Crippen molar-refractivity contribution < 1.29 is 47.5 Å². The molecule has 0 atom stereocenters. The van der Waals surface area contributed by atoms with Crippen LogP contribution in [-0.4, -0.2) is 96.0 Å². The summed E-state index contributed by atoms with van der Waals surface area (Å²) in [7, 11) is 4.74. The largest absolute Gasteiger partial charge is 0.497 e. The lowest BCUT2D eigenvalue weighted by atomic mass is 9.84. The Morgan fingerprint density at radius 2 is 1.50 bits per heavy atom. The van der Waals surface area contributed by atoms with E-state index in [0.29, 0.717) is 117 Å². The van der Waals surface area contributed by atoms with Crippen molar-refractivity contribution in [3.05, 3.63) is 102 Å². The number of carbonyl (C=O) groups excluding carboxylic acids is 2. The number of ether oxygens (including phenoxy) is 8. The van der Waals surface area contributed by atoms with Crippen LogP contribution < -0.4 is 29.6 Å². The highest BCUT2D eigenvalue weighted by Gasteiger charge is 2.28. The van der Waals surface area contributed by atoms with Crippen LogP contribution in [-0.2, 0) is 30.8 Å². The second-order valence-electron chi connectivity index (χ2n) is 15.3. The summed E-state index contributed by atoms with van der Waals surface area (Å²) in [4.78, 5) is 36.3. The highest BCUT2D eigenvalue weighted by molar-refractivity contribution is 6.09. The van der Waals surface area contributed by atoms with Gasteiger partial charge in [0.15, 0.2) is 11.5 Å². The zero-order valence-corrected chi connectivity index (χ0v) is 35.1. The van der Waals surface area contributed by atoms with Gasteiger partial charge in [0.05, 0.1) is 77.4 Å². The first-order valence-electron chi connectivity index (χ1n) is 19.9. The Kier molecular flexibility index (Phi) is 15.3.